The highest BCUT2D eigenvalue weighted by atomic mass is 32.1. The van der Waals surface area contributed by atoms with Gasteiger partial charge in [0.1, 0.15) is 5.01 Å². The lowest BCUT2D eigenvalue weighted by Crippen LogP contribution is -2.09. The average Bonchev–Trinajstić information content (AvgIpc) is 3.42. The van der Waals surface area contributed by atoms with Gasteiger partial charge < -0.3 is 9.26 Å². The number of carbonyl (C=O) groups is 1. The molecule has 0 saturated heterocycles. The number of ether oxygens (including phenoxy) is 1. The third-order valence-electron chi connectivity index (χ3n) is 3.74. The van der Waals surface area contributed by atoms with Crippen LogP contribution < -0.4 is 0 Å². The lowest BCUT2D eigenvalue weighted by Gasteiger charge is -1.99. The van der Waals surface area contributed by atoms with Crippen LogP contribution in [0, 0.1) is 6.92 Å². The number of nitrogens with zero attached hydrogens (tertiary/aromatic N) is 3. The second-order valence-electron chi connectivity index (χ2n) is 5.84. The number of aryl methyl sites for hydroxylation is 1. The fraction of sp³-hybridized carbons (Fsp3) is 0.158. The number of hydrogen-bond donors (Lipinski definition) is 0. The van der Waals surface area contributed by atoms with Gasteiger partial charge in [0.05, 0.1) is 17.0 Å². The summed E-state index contributed by atoms with van der Waals surface area (Å²) in [5.41, 5.74) is 2.67. The third kappa shape index (κ3) is 4.29. The van der Waals surface area contributed by atoms with Crippen LogP contribution in [0.1, 0.15) is 17.1 Å². The molecule has 0 N–H and O–H groups in total. The molecule has 4 aromatic rings. The van der Waals surface area contributed by atoms with Gasteiger partial charge >= 0.3 is 5.97 Å². The van der Waals surface area contributed by atoms with E-state index in [4.69, 9.17) is 9.26 Å². The molecule has 0 unspecified atom stereocenters. The molecule has 27 heavy (non-hydrogen) atoms. The molecule has 3 heterocycles. The molecule has 4 rings (SSSR count). The fourth-order valence-electron chi connectivity index (χ4n) is 2.37. The summed E-state index contributed by atoms with van der Waals surface area (Å²) in [6.45, 7) is 1.98. The normalized spacial score (nSPS) is 10.9. The van der Waals surface area contributed by atoms with Gasteiger partial charge in [0.15, 0.2) is 6.61 Å². The quantitative estimate of drug-likeness (QED) is 0.445. The smallest absolute Gasteiger partial charge is 0.312 e. The summed E-state index contributed by atoms with van der Waals surface area (Å²) < 4.78 is 10.5. The van der Waals surface area contributed by atoms with E-state index in [1.165, 1.54) is 11.3 Å². The molecule has 8 heteroatoms. The van der Waals surface area contributed by atoms with E-state index in [0.29, 0.717) is 17.4 Å². The predicted molar refractivity (Wildman–Crippen MR) is 103 cm³/mol. The first-order valence-electron chi connectivity index (χ1n) is 8.21. The van der Waals surface area contributed by atoms with Gasteiger partial charge in [-0.1, -0.05) is 28.9 Å². The minimum absolute atomic E-state index is 0.0316. The molecule has 0 aliphatic carbocycles. The van der Waals surface area contributed by atoms with Crippen LogP contribution in [-0.4, -0.2) is 21.1 Å². The van der Waals surface area contributed by atoms with Crippen LogP contribution in [0.5, 0.6) is 0 Å². The molecule has 1 aromatic carbocycles. The summed E-state index contributed by atoms with van der Waals surface area (Å²) in [5, 5.41) is 8.64. The van der Waals surface area contributed by atoms with E-state index in [1.807, 2.05) is 54.1 Å². The van der Waals surface area contributed by atoms with E-state index in [0.717, 1.165) is 21.0 Å². The van der Waals surface area contributed by atoms with E-state index < -0.39 is 0 Å². The van der Waals surface area contributed by atoms with Crippen LogP contribution in [0.15, 0.2) is 51.7 Å². The van der Waals surface area contributed by atoms with Gasteiger partial charge in [0.2, 0.25) is 5.82 Å². The zero-order valence-electron chi connectivity index (χ0n) is 14.4. The van der Waals surface area contributed by atoms with Crippen molar-refractivity contribution in [3.8, 4) is 21.3 Å². The third-order valence-corrected chi connectivity index (χ3v) is 5.67. The molecular weight excluding hydrogens is 382 g/mol. The summed E-state index contributed by atoms with van der Waals surface area (Å²) in [6.07, 6.45) is 0.116. The molecule has 0 aliphatic rings. The summed E-state index contributed by atoms with van der Waals surface area (Å²) in [5.74, 6) is 0.359. The molecule has 3 aromatic heterocycles. The van der Waals surface area contributed by atoms with Crippen LogP contribution in [0.3, 0.4) is 0 Å². The Kier molecular flexibility index (Phi) is 5.08. The number of thiophene rings is 1. The van der Waals surface area contributed by atoms with E-state index in [2.05, 4.69) is 15.1 Å². The molecule has 0 radical (unpaired) electrons. The Morgan fingerprint density at radius 2 is 2.00 bits per heavy atom. The van der Waals surface area contributed by atoms with Gasteiger partial charge in [-0.2, -0.15) is 4.98 Å². The highest BCUT2D eigenvalue weighted by molar-refractivity contribution is 7.20. The maximum absolute atomic E-state index is 12.1. The van der Waals surface area contributed by atoms with Crippen LogP contribution in [0.25, 0.3) is 21.3 Å². The maximum Gasteiger partial charge on any atom is 0.312 e. The molecule has 0 bridgehead atoms. The summed E-state index contributed by atoms with van der Waals surface area (Å²) >= 11 is 3.14. The topological polar surface area (TPSA) is 78.1 Å². The number of benzene rings is 1. The van der Waals surface area contributed by atoms with Crippen molar-refractivity contribution in [1.82, 2.24) is 15.1 Å². The van der Waals surface area contributed by atoms with Crippen LogP contribution >= 0.6 is 22.7 Å². The molecule has 6 nitrogen and oxygen atoms in total. The van der Waals surface area contributed by atoms with Gasteiger partial charge in [0, 0.05) is 10.9 Å². The van der Waals surface area contributed by atoms with Crippen molar-refractivity contribution in [2.45, 2.75) is 20.0 Å². The van der Waals surface area contributed by atoms with Crippen LogP contribution in [0.4, 0.5) is 0 Å². The van der Waals surface area contributed by atoms with Crippen molar-refractivity contribution < 1.29 is 14.1 Å². The molecule has 0 amide bonds. The Balaban J connectivity index is 1.32. The van der Waals surface area contributed by atoms with E-state index in [-0.39, 0.29) is 19.0 Å². The number of thiazole rings is 1. The predicted octanol–water partition coefficient (Wildman–Crippen LogP) is 4.52. The van der Waals surface area contributed by atoms with Crippen molar-refractivity contribution in [2.24, 2.45) is 0 Å². The lowest BCUT2D eigenvalue weighted by molar-refractivity contribution is -0.144. The average molecular weight is 397 g/mol. The summed E-state index contributed by atoms with van der Waals surface area (Å²) in [7, 11) is 0. The summed E-state index contributed by atoms with van der Waals surface area (Å²) in [4.78, 5) is 21.9. The minimum atomic E-state index is -0.375. The van der Waals surface area contributed by atoms with E-state index in [9.17, 15) is 4.79 Å². The van der Waals surface area contributed by atoms with Crippen molar-refractivity contribution in [2.75, 3.05) is 0 Å². The largest absolute Gasteiger partial charge is 0.457 e. The van der Waals surface area contributed by atoms with Crippen molar-refractivity contribution in [3.63, 3.8) is 0 Å². The summed E-state index contributed by atoms with van der Waals surface area (Å²) in [6, 6.07) is 11.7. The van der Waals surface area contributed by atoms with E-state index >= 15 is 0 Å². The van der Waals surface area contributed by atoms with Crippen LogP contribution in [0.2, 0.25) is 0 Å². The number of carbonyl (C=O) groups excluding carboxylic acids is 1. The Morgan fingerprint density at radius 3 is 2.78 bits per heavy atom. The molecule has 0 aliphatic heterocycles. The monoisotopic (exact) mass is 397 g/mol. The fourth-order valence-corrected chi connectivity index (χ4v) is 4.01. The van der Waals surface area contributed by atoms with Crippen molar-refractivity contribution >= 4 is 28.6 Å². The van der Waals surface area contributed by atoms with Gasteiger partial charge in [0.25, 0.3) is 5.89 Å². The highest BCUT2D eigenvalue weighted by Gasteiger charge is 2.13. The first kappa shape index (κ1) is 17.6. The minimum Gasteiger partial charge on any atom is -0.457 e. The Labute approximate surface area is 163 Å². The second kappa shape index (κ2) is 7.81. The Morgan fingerprint density at radius 1 is 1.15 bits per heavy atom. The standard InChI is InChI=1S/C19H15N3O3S2/c1-12-4-6-13(7-5-12)18-21-16(22-25-18)10-24-17(23)9-14-11-27-19(20-14)15-3-2-8-26-15/h2-8,11H,9-10H2,1H3. The Hall–Kier alpha value is -2.84. The molecule has 0 saturated carbocycles. The maximum atomic E-state index is 12.1. The number of aromatic nitrogens is 3. The number of rotatable bonds is 6. The molecule has 0 atom stereocenters. The van der Waals surface area contributed by atoms with Gasteiger partial charge in [-0.05, 0) is 30.5 Å². The van der Waals surface area contributed by atoms with Crippen molar-refractivity contribution in [3.05, 3.63) is 64.2 Å². The zero-order chi connectivity index (χ0) is 18.6. The van der Waals surface area contributed by atoms with Gasteiger partial charge in [-0.3, -0.25) is 4.79 Å². The molecule has 0 spiro atoms. The number of hydrogen-bond acceptors (Lipinski definition) is 8. The van der Waals surface area contributed by atoms with Gasteiger partial charge in [-0.15, -0.1) is 22.7 Å². The first-order chi connectivity index (χ1) is 13.2. The lowest BCUT2D eigenvalue weighted by atomic mass is 10.1. The van der Waals surface area contributed by atoms with Crippen molar-refractivity contribution in [1.29, 1.82) is 0 Å². The SMILES string of the molecule is Cc1ccc(-c2nc(COC(=O)Cc3csc(-c4cccs4)n3)no2)cc1. The molecular formula is C19H15N3O3S2. The number of esters is 1. The van der Waals surface area contributed by atoms with Gasteiger partial charge in [-0.25, -0.2) is 4.98 Å². The molecule has 136 valence electrons. The first-order valence-corrected chi connectivity index (χ1v) is 9.97. The Bertz CT molecular complexity index is 1040. The van der Waals surface area contributed by atoms with Crippen LogP contribution in [-0.2, 0) is 22.6 Å². The van der Waals surface area contributed by atoms with E-state index in [1.54, 1.807) is 11.3 Å². The zero-order valence-corrected chi connectivity index (χ0v) is 16.0. The second-order valence-corrected chi connectivity index (χ2v) is 7.65. The highest BCUT2D eigenvalue weighted by Crippen LogP contribution is 2.28. The molecule has 0 fully saturated rings.